The molecule has 0 unspecified atom stereocenters. The van der Waals surface area contributed by atoms with Crippen LogP contribution in [0.1, 0.15) is 16.7 Å². The number of benzene rings is 2. The van der Waals surface area contributed by atoms with Crippen LogP contribution in [0.25, 0.3) is 0 Å². The van der Waals surface area contributed by atoms with E-state index < -0.39 is 24.3 Å². The summed E-state index contributed by atoms with van der Waals surface area (Å²) in [6.45, 7) is 3.67. The molecular weight excluding hydrogens is 385 g/mol. The molecule has 1 saturated heterocycles. The Morgan fingerprint density at radius 3 is 2.41 bits per heavy atom. The molecule has 2 aromatic rings. The van der Waals surface area contributed by atoms with E-state index >= 15 is 0 Å². The van der Waals surface area contributed by atoms with Gasteiger partial charge < -0.3 is 14.8 Å². The smallest absolute Gasteiger partial charge is 0.419 e. The number of hydrogen-bond acceptors (Lipinski definition) is 4. The molecule has 0 spiro atoms. The highest BCUT2D eigenvalue weighted by atomic mass is 19.4. The fourth-order valence-electron chi connectivity index (χ4n) is 3.10. The van der Waals surface area contributed by atoms with Crippen LogP contribution in [0.2, 0.25) is 0 Å². The fraction of sp³-hybridized carbons (Fsp3) is 0.381. The molecule has 5 nitrogen and oxygen atoms in total. The lowest BCUT2D eigenvalue weighted by atomic mass is 10.1. The minimum Gasteiger partial charge on any atom is -0.483 e. The molecule has 0 saturated carbocycles. The SMILES string of the molecule is O=C(COc1ccccc1C(F)(F)F)NCc1ccccc1CN1CCOCC1. The van der Waals surface area contributed by atoms with Gasteiger partial charge in [-0.1, -0.05) is 36.4 Å². The molecule has 1 fully saturated rings. The molecule has 0 radical (unpaired) electrons. The van der Waals surface area contributed by atoms with Gasteiger partial charge in [-0.25, -0.2) is 0 Å². The van der Waals surface area contributed by atoms with Gasteiger partial charge in [0.05, 0.1) is 18.8 Å². The molecule has 8 heteroatoms. The third-order valence-electron chi connectivity index (χ3n) is 4.64. The lowest BCUT2D eigenvalue weighted by molar-refractivity contribution is -0.139. The number of hydrogen-bond donors (Lipinski definition) is 1. The Kier molecular flexibility index (Phi) is 7.11. The summed E-state index contributed by atoms with van der Waals surface area (Å²) in [6, 6.07) is 12.6. The van der Waals surface area contributed by atoms with E-state index in [9.17, 15) is 18.0 Å². The van der Waals surface area contributed by atoms with Gasteiger partial charge in [0, 0.05) is 26.2 Å². The van der Waals surface area contributed by atoms with Gasteiger partial charge in [0.2, 0.25) is 0 Å². The van der Waals surface area contributed by atoms with Crippen molar-refractivity contribution in [1.29, 1.82) is 0 Å². The van der Waals surface area contributed by atoms with Gasteiger partial charge in [-0.3, -0.25) is 9.69 Å². The summed E-state index contributed by atoms with van der Waals surface area (Å²) in [5.74, 6) is -0.842. The Morgan fingerprint density at radius 2 is 1.69 bits per heavy atom. The monoisotopic (exact) mass is 408 g/mol. The van der Waals surface area contributed by atoms with Gasteiger partial charge >= 0.3 is 6.18 Å². The first-order valence-electron chi connectivity index (χ1n) is 9.36. The lowest BCUT2D eigenvalue weighted by Crippen LogP contribution is -2.36. The van der Waals surface area contributed by atoms with Crippen LogP contribution in [0.5, 0.6) is 5.75 Å². The molecule has 1 aliphatic heterocycles. The van der Waals surface area contributed by atoms with E-state index in [-0.39, 0.29) is 12.3 Å². The van der Waals surface area contributed by atoms with E-state index in [0.29, 0.717) is 13.2 Å². The number of ether oxygens (including phenoxy) is 2. The average molecular weight is 408 g/mol. The van der Waals surface area contributed by atoms with Crippen LogP contribution in [0.15, 0.2) is 48.5 Å². The van der Waals surface area contributed by atoms with Crippen molar-refractivity contribution in [2.24, 2.45) is 0 Å². The summed E-state index contributed by atoms with van der Waals surface area (Å²) in [5.41, 5.74) is 1.16. The van der Waals surface area contributed by atoms with Crippen LogP contribution in [0, 0.1) is 0 Å². The van der Waals surface area contributed by atoms with Crippen LogP contribution in [-0.4, -0.2) is 43.7 Å². The molecule has 0 aromatic heterocycles. The number of alkyl halides is 3. The predicted molar refractivity (Wildman–Crippen MR) is 101 cm³/mol. The number of halogens is 3. The number of carbonyl (C=O) groups excluding carboxylic acids is 1. The number of carbonyl (C=O) groups is 1. The molecule has 1 amide bonds. The van der Waals surface area contributed by atoms with Gasteiger partial charge in [0.1, 0.15) is 5.75 Å². The average Bonchev–Trinajstić information content (AvgIpc) is 2.72. The second-order valence-electron chi connectivity index (χ2n) is 6.72. The molecule has 2 aromatic carbocycles. The number of amides is 1. The van der Waals surface area contributed by atoms with E-state index in [1.54, 1.807) is 0 Å². The van der Waals surface area contributed by atoms with Crippen molar-refractivity contribution in [3.05, 3.63) is 65.2 Å². The quantitative estimate of drug-likeness (QED) is 0.764. The summed E-state index contributed by atoms with van der Waals surface area (Å²) in [5, 5.41) is 2.72. The van der Waals surface area contributed by atoms with Crippen molar-refractivity contribution in [1.82, 2.24) is 10.2 Å². The molecule has 1 aliphatic rings. The normalized spacial score (nSPS) is 15.1. The molecule has 0 atom stereocenters. The summed E-state index contributed by atoms with van der Waals surface area (Å²) in [6.07, 6.45) is -4.54. The highest BCUT2D eigenvalue weighted by molar-refractivity contribution is 5.77. The number of nitrogens with zero attached hydrogens (tertiary/aromatic N) is 1. The Hall–Kier alpha value is -2.58. The first-order chi connectivity index (χ1) is 13.9. The Labute approximate surface area is 167 Å². The van der Waals surface area contributed by atoms with Crippen LogP contribution < -0.4 is 10.1 Å². The molecule has 1 heterocycles. The second kappa shape index (κ2) is 9.76. The maximum Gasteiger partial charge on any atom is 0.419 e. The number of rotatable bonds is 7. The Morgan fingerprint density at radius 1 is 1.03 bits per heavy atom. The number of morpholine rings is 1. The van der Waals surface area contributed by atoms with Crippen LogP contribution in [0.3, 0.4) is 0 Å². The zero-order valence-corrected chi connectivity index (χ0v) is 15.9. The Bertz CT molecular complexity index is 821. The summed E-state index contributed by atoms with van der Waals surface area (Å²) < 4.78 is 49.4. The standard InChI is InChI=1S/C21H23F3N2O3/c22-21(23,24)18-7-3-4-8-19(18)29-15-20(27)25-13-16-5-1-2-6-17(16)14-26-9-11-28-12-10-26/h1-8H,9-15H2,(H,25,27). The Balaban J connectivity index is 1.54. The van der Waals surface area contributed by atoms with Crippen molar-refractivity contribution < 1.29 is 27.4 Å². The van der Waals surface area contributed by atoms with Crippen molar-refractivity contribution in [2.75, 3.05) is 32.9 Å². The molecule has 0 aliphatic carbocycles. The summed E-state index contributed by atoms with van der Waals surface area (Å²) in [4.78, 5) is 14.4. The van der Waals surface area contributed by atoms with Crippen LogP contribution in [0.4, 0.5) is 13.2 Å². The zero-order valence-electron chi connectivity index (χ0n) is 15.9. The zero-order chi connectivity index (χ0) is 20.7. The van der Waals surface area contributed by atoms with Crippen molar-refractivity contribution >= 4 is 5.91 Å². The fourth-order valence-corrected chi connectivity index (χ4v) is 3.10. The maximum atomic E-state index is 13.0. The van der Waals surface area contributed by atoms with Crippen LogP contribution in [-0.2, 0) is 28.8 Å². The summed E-state index contributed by atoms with van der Waals surface area (Å²) in [7, 11) is 0. The van der Waals surface area contributed by atoms with E-state index in [1.807, 2.05) is 24.3 Å². The molecule has 0 bridgehead atoms. The second-order valence-corrected chi connectivity index (χ2v) is 6.72. The van der Waals surface area contributed by atoms with E-state index in [0.717, 1.165) is 36.8 Å². The van der Waals surface area contributed by atoms with Crippen molar-refractivity contribution in [3.8, 4) is 5.75 Å². The van der Waals surface area contributed by atoms with E-state index in [2.05, 4.69) is 10.2 Å². The van der Waals surface area contributed by atoms with Gasteiger partial charge in [-0.05, 0) is 23.3 Å². The highest BCUT2D eigenvalue weighted by Crippen LogP contribution is 2.35. The first kappa shape index (κ1) is 21.1. The molecule has 1 N–H and O–H groups in total. The summed E-state index contributed by atoms with van der Waals surface area (Å²) >= 11 is 0. The van der Waals surface area contributed by atoms with Gasteiger partial charge in [-0.15, -0.1) is 0 Å². The third-order valence-corrected chi connectivity index (χ3v) is 4.64. The lowest BCUT2D eigenvalue weighted by Gasteiger charge is -2.27. The minimum atomic E-state index is -4.54. The predicted octanol–water partition coefficient (Wildman–Crippen LogP) is 3.23. The molecule has 156 valence electrons. The van der Waals surface area contributed by atoms with Crippen molar-refractivity contribution in [3.63, 3.8) is 0 Å². The van der Waals surface area contributed by atoms with E-state index in [4.69, 9.17) is 9.47 Å². The highest BCUT2D eigenvalue weighted by Gasteiger charge is 2.34. The van der Waals surface area contributed by atoms with Crippen molar-refractivity contribution in [2.45, 2.75) is 19.3 Å². The van der Waals surface area contributed by atoms with Gasteiger partial charge in [-0.2, -0.15) is 13.2 Å². The largest absolute Gasteiger partial charge is 0.483 e. The van der Waals surface area contributed by atoms with E-state index in [1.165, 1.54) is 18.2 Å². The van der Waals surface area contributed by atoms with Gasteiger partial charge in [0.25, 0.3) is 5.91 Å². The number of nitrogens with one attached hydrogen (secondary N) is 1. The number of para-hydroxylation sites is 1. The minimum absolute atomic E-state index is 0.281. The van der Waals surface area contributed by atoms with Crippen LogP contribution >= 0.6 is 0 Å². The first-order valence-corrected chi connectivity index (χ1v) is 9.36. The van der Waals surface area contributed by atoms with Gasteiger partial charge in [0.15, 0.2) is 6.61 Å². The maximum absolute atomic E-state index is 13.0. The molecule has 3 rings (SSSR count). The molecular formula is C21H23F3N2O3. The third kappa shape index (κ3) is 6.20. The topological polar surface area (TPSA) is 50.8 Å². The molecule has 29 heavy (non-hydrogen) atoms.